The number of hydrogen-bond acceptors (Lipinski definition) is 11. The van der Waals surface area contributed by atoms with Crippen molar-refractivity contribution in [2.45, 2.75) is 26.4 Å². The Bertz CT molecular complexity index is 2120. The lowest BCUT2D eigenvalue weighted by Crippen LogP contribution is -2.40. The smallest absolute Gasteiger partial charge is 0.420 e. The number of pyridine rings is 4. The zero-order chi connectivity index (χ0) is 39.9. The van der Waals surface area contributed by atoms with E-state index < -0.39 is 17.3 Å². The largest absolute Gasteiger partial charge is 0.443 e. The highest BCUT2D eigenvalue weighted by atomic mass is 79.9. The summed E-state index contributed by atoms with van der Waals surface area (Å²) in [5.74, 6) is 0.451. The van der Waals surface area contributed by atoms with Crippen LogP contribution in [-0.2, 0) is 28.3 Å². The molecular weight excluding hydrogens is 844 g/mol. The summed E-state index contributed by atoms with van der Waals surface area (Å²) in [4.78, 5) is 76.0. The molecule has 3 amide bonds. The molecule has 0 aromatic carbocycles. The number of ether oxygens (including phenoxy) is 3. The normalized spacial score (nSPS) is 14.4. The van der Waals surface area contributed by atoms with Gasteiger partial charge >= 0.3 is 6.09 Å². The maximum absolute atomic E-state index is 13.0. The molecule has 2 fully saturated rings. The number of anilines is 4. The lowest BCUT2D eigenvalue weighted by Gasteiger charge is -2.28. The lowest BCUT2D eigenvalue weighted by molar-refractivity contribution is 0.0301. The van der Waals surface area contributed by atoms with Crippen LogP contribution in [0, 0.1) is 0 Å². The minimum Gasteiger partial charge on any atom is -0.443 e. The van der Waals surface area contributed by atoms with Crippen molar-refractivity contribution < 1.29 is 28.6 Å². The Balaban J connectivity index is 0.000000218. The Morgan fingerprint density at radius 1 is 0.764 bits per heavy atom. The Morgan fingerprint density at radius 3 is 1.76 bits per heavy atom. The summed E-state index contributed by atoms with van der Waals surface area (Å²) >= 11 is 6.71. The fraction of sp³-hybridized carbons (Fsp3) is 0.378. The first-order valence-electron chi connectivity index (χ1n) is 17.3. The van der Waals surface area contributed by atoms with Crippen molar-refractivity contribution in [3.8, 4) is 0 Å². The van der Waals surface area contributed by atoms with Gasteiger partial charge in [0, 0.05) is 74.0 Å². The number of aryl methyl sites for hydroxylation is 2. The summed E-state index contributed by atoms with van der Waals surface area (Å²) in [5.41, 5.74) is 0.0515. The number of carbonyl (C=O) groups is 3. The van der Waals surface area contributed by atoms with Crippen LogP contribution in [0.1, 0.15) is 41.5 Å². The number of morpholine rings is 2. The van der Waals surface area contributed by atoms with Gasteiger partial charge in [-0.25, -0.2) is 19.7 Å². The van der Waals surface area contributed by atoms with Gasteiger partial charge in [-0.15, -0.1) is 0 Å². The van der Waals surface area contributed by atoms with Gasteiger partial charge in [0.15, 0.2) is 0 Å². The third kappa shape index (κ3) is 10.9. The maximum atomic E-state index is 13.0. The zero-order valence-electron chi connectivity index (χ0n) is 31.1. The highest BCUT2D eigenvalue weighted by molar-refractivity contribution is 9.10. The SMILES string of the molecule is Cn1cc(Br)cc(N(C(=O)OC(C)(C)C)c2ccc(C(=O)N3CCOCC3)cn2)c1=O.Cn1cc(Br)cc(Nc2ccc(C(=O)N3CCOCC3)cn2)c1=O. The topological polar surface area (TPSA) is 170 Å². The fourth-order valence-corrected chi connectivity index (χ4v) is 6.53. The molecule has 2 saturated heterocycles. The van der Waals surface area contributed by atoms with E-state index in [2.05, 4.69) is 47.1 Å². The summed E-state index contributed by atoms with van der Waals surface area (Å²) in [7, 11) is 3.26. The van der Waals surface area contributed by atoms with Crippen LogP contribution in [0.25, 0.3) is 0 Å². The maximum Gasteiger partial charge on any atom is 0.420 e. The molecule has 6 heterocycles. The minimum atomic E-state index is -0.779. The van der Waals surface area contributed by atoms with E-state index in [1.165, 1.54) is 33.7 Å². The molecule has 0 saturated carbocycles. The molecule has 16 nitrogen and oxygen atoms in total. The van der Waals surface area contributed by atoms with Crippen molar-refractivity contribution in [3.05, 3.63) is 102 Å². The molecule has 0 aliphatic carbocycles. The van der Waals surface area contributed by atoms with Gasteiger partial charge in [0.25, 0.3) is 22.9 Å². The molecule has 0 atom stereocenters. The van der Waals surface area contributed by atoms with Crippen LogP contribution in [0.4, 0.5) is 27.8 Å². The van der Waals surface area contributed by atoms with Gasteiger partial charge in [0.2, 0.25) is 0 Å². The Hall–Kier alpha value is -4.91. The molecule has 0 unspecified atom stereocenters. The second-order valence-corrected chi connectivity index (χ2v) is 15.4. The second kappa shape index (κ2) is 18.1. The molecule has 0 bridgehead atoms. The van der Waals surface area contributed by atoms with Crippen molar-refractivity contribution >= 4 is 72.8 Å². The molecule has 0 radical (unpaired) electrons. The molecule has 4 aromatic heterocycles. The third-order valence-corrected chi connectivity index (χ3v) is 9.06. The molecule has 2 aliphatic heterocycles. The predicted octanol–water partition coefficient (Wildman–Crippen LogP) is 4.85. The van der Waals surface area contributed by atoms with Crippen molar-refractivity contribution in [1.29, 1.82) is 0 Å². The van der Waals surface area contributed by atoms with Gasteiger partial charge in [-0.2, -0.15) is 0 Å². The van der Waals surface area contributed by atoms with Crippen molar-refractivity contribution in [2.24, 2.45) is 14.1 Å². The van der Waals surface area contributed by atoms with E-state index in [0.717, 1.165) is 9.37 Å². The van der Waals surface area contributed by atoms with Crippen LogP contribution in [-0.4, -0.2) is 105 Å². The van der Waals surface area contributed by atoms with E-state index >= 15 is 0 Å². The van der Waals surface area contributed by atoms with E-state index in [1.54, 1.807) is 81.3 Å². The molecule has 18 heteroatoms. The standard InChI is InChI=1S/C21H25BrN4O5.C16H17BrN4O3/c1-21(2,3)31-20(29)26(16-11-15(22)13-24(4)19(16)28)17-6-5-14(12-23-17)18(27)25-7-9-30-10-8-25;1-20-10-12(17)8-13(16(20)23)19-14-3-2-11(9-18-14)15(22)21-4-6-24-7-5-21/h5-6,11-13H,7-10H2,1-4H3;2-3,8-10H,4-7H2,1H3,(H,18,19). The zero-order valence-corrected chi connectivity index (χ0v) is 34.3. The second-order valence-electron chi connectivity index (χ2n) is 13.5. The molecule has 55 heavy (non-hydrogen) atoms. The first-order valence-corrected chi connectivity index (χ1v) is 18.9. The Kier molecular flexibility index (Phi) is 13.6. The quantitative estimate of drug-likeness (QED) is 0.281. The van der Waals surface area contributed by atoms with Crippen molar-refractivity contribution in [2.75, 3.05) is 62.8 Å². The first kappa shape index (κ1) is 41.3. The van der Waals surface area contributed by atoms with Crippen LogP contribution in [0.2, 0.25) is 0 Å². The lowest BCUT2D eigenvalue weighted by atomic mass is 10.2. The van der Waals surface area contributed by atoms with E-state index in [0.29, 0.717) is 79.7 Å². The average molecular weight is 887 g/mol. The number of nitrogens with zero attached hydrogens (tertiary/aromatic N) is 7. The van der Waals surface area contributed by atoms with Gasteiger partial charge in [-0.1, -0.05) is 0 Å². The molecule has 2 aliphatic rings. The van der Waals surface area contributed by atoms with Gasteiger partial charge in [-0.05, 0) is 89.0 Å². The summed E-state index contributed by atoms with van der Waals surface area (Å²) in [6.45, 7) is 9.53. The van der Waals surface area contributed by atoms with Crippen molar-refractivity contribution in [1.82, 2.24) is 28.9 Å². The van der Waals surface area contributed by atoms with Crippen LogP contribution in [0.3, 0.4) is 0 Å². The van der Waals surface area contributed by atoms with Gasteiger partial charge in [0.05, 0.1) is 37.6 Å². The monoisotopic (exact) mass is 884 g/mol. The summed E-state index contributed by atoms with van der Waals surface area (Å²) < 4.78 is 20.3. The molecule has 4 aromatic rings. The molecule has 6 rings (SSSR count). The van der Waals surface area contributed by atoms with E-state index in [1.807, 2.05) is 0 Å². The highest BCUT2D eigenvalue weighted by Gasteiger charge is 2.29. The summed E-state index contributed by atoms with van der Waals surface area (Å²) in [6.07, 6.45) is 5.44. The number of aromatic nitrogens is 4. The van der Waals surface area contributed by atoms with Gasteiger partial charge in [0.1, 0.15) is 28.6 Å². The molecule has 292 valence electrons. The number of hydrogen-bond donors (Lipinski definition) is 1. The van der Waals surface area contributed by atoms with Crippen molar-refractivity contribution in [3.63, 3.8) is 0 Å². The Labute approximate surface area is 334 Å². The number of amides is 3. The summed E-state index contributed by atoms with van der Waals surface area (Å²) in [6, 6.07) is 9.72. The Morgan fingerprint density at radius 2 is 1.27 bits per heavy atom. The number of carbonyl (C=O) groups excluding carboxylic acids is 3. The number of rotatable bonds is 6. The van der Waals surface area contributed by atoms with E-state index in [4.69, 9.17) is 14.2 Å². The molecular formula is C37H42Br2N8O8. The summed E-state index contributed by atoms with van der Waals surface area (Å²) in [5, 5.41) is 2.98. The van der Waals surface area contributed by atoms with Crippen LogP contribution in [0.5, 0.6) is 0 Å². The van der Waals surface area contributed by atoms with Crippen LogP contribution >= 0.6 is 31.9 Å². The van der Waals surface area contributed by atoms with E-state index in [9.17, 15) is 24.0 Å². The fourth-order valence-electron chi connectivity index (χ4n) is 5.47. The van der Waals surface area contributed by atoms with Crippen LogP contribution < -0.4 is 21.3 Å². The first-order chi connectivity index (χ1) is 26.1. The van der Waals surface area contributed by atoms with Gasteiger partial charge in [-0.3, -0.25) is 19.2 Å². The highest BCUT2D eigenvalue weighted by Crippen LogP contribution is 2.26. The van der Waals surface area contributed by atoms with E-state index in [-0.39, 0.29) is 28.9 Å². The minimum absolute atomic E-state index is 0.0595. The van der Waals surface area contributed by atoms with Crippen LogP contribution in [0.15, 0.2) is 79.7 Å². The number of nitrogens with one attached hydrogen (secondary N) is 1. The van der Waals surface area contributed by atoms with Gasteiger partial charge < -0.3 is 38.5 Å². The predicted molar refractivity (Wildman–Crippen MR) is 212 cm³/mol. The molecule has 1 N–H and O–H groups in total. The average Bonchev–Trinajstić information content (AvgIpc) is 3.16. The number of halogens is 2. The molecule has 0 spiro atoms. The third-order valence-electron chi connectivity index (χ3n) is 8.19.